The highest BCUT2D eigenvalue weighted by Gasteiger charge is 2.29. The molecule has 2 aromatic rings. The van der Waals surface area contributed by atoms with Crippen molar-refractivity contribution in [1.29, 1.82) is 0 Å². The van der Waals surface area contributed by atoms with Crippen LogP contribution in [-0.4, -0.2) is 26.9 Å². The Hall–Kier alpha value is -2.63. The van der Waals surface area contributed by atoms with E-state index in [0.717, 1.165) is 36.2 Å². The van der Waals surface area contributed by atoms with Gasteiger partial charge in [0, 0.05) is 17.8 Å². The third-order valence-corrected chi connectivity index (χ3v) is 4.42. The van der Waals surface area contributed by atoms with Gasteiger partial charge in [-0.15, -0.1) is 0 Å². The molecule has 0 aliphatic carbocycles. The fourth-order valence-corrected chi connectivity index (χ4v) is 3.19. The van der Waals surface area contributed by atoms with Gasteiger partial charge < -0.3 is 15.2 Å². The second-order valence-electron chi connectivity index (χ2n) is 7.81. The van der Waals surface area contributed by atoms with Gasteiger partial charge in [-0.1, -0.05) is 18.2 Å². The van der Waals surface area contributed by atoms with Crippen molar-refractivity contribution in [3.63, 3.8) is 0 Å². The molecule has 26 heavy (non-hydrogen) atoms. The number of fused-ring (bicyclic) bond motifs is 1. The molecular formula is C20H26N4O2. The topological polar surface area (TPSA) is 76.0 Å². The second kappa shape index (κ2) is 6.94. The third-order valence-electron chi connectivity index (χ3n) is 4.42. The van der Waals surface area contributed by atoms with Gasteiger partial charge in [-0.2, -0.15) is 0 Å². The van der Waals surface area contributed by atoms with Crippen molar-refractivity contribution < 1.29 is 9.59 Å². The average molecular weight is 354 g/mol. The first-order valence-corrected chi connectivity index (χ1v) is 9.05. The zero-order valence-corrected chi connectivity index (χ0v) is 15.8. The van der Waals surface area contributed by atoms with E-state index in [1.165, 1.54) is 0 Å². The first-order chi connectivity index (χ1) is 12.3. The second-order valence-corrected chi connectivity index (χ2v) is 7.81. The predicted molar refractivity (Wildman–Crippen MR) is 102 cm³/mol. The van der Waals surface area contributed by atoms with Gasteiger partial charge in [0.15, 0.2) is 11.5 Å². The van der Waals surface area contributed by atoms with Crippen LogP contribution in [-0.2, 0) is 13.0 Å². The zero-order valence-electron chi connectivity index (χ0n) is 15.8. The number of carbonyl (C=O) groups excluding carboxylic acids is 2. The molecule has 2 amide bonds. The molecule has 1 aromatic carbocycles. The summed E-state index contributed by atoms with van der Waals surface area (Å²) in [5, 5.41) is 5.87. The molecule has 138 valence electrons. The number of nitrogens with one attached hydrogen (secondary N) is 2. The lowest BCUT2D eigenvalue weighted by atomic mass is 10.1. The summed E-state index contributed by atoms with van der Waals surface area (Å²) in [6.45, 7) is 8.44. The molecule has 0 saturated carbocycles. The quantitative estimate of drug-likeness (QED) is 0.888. The Balaban J connectivity index is 1.93. The van der Waals surface area contributed by atoms with Crippen LogP contribution in [0.1, 0.15) is 66.0 Å². The first kappa shape index (κ1) is 18.2. The van der Waals surface area contributed by atoms with Crippen molar-refractivity contribution >= 4 is 17.5 Å². The molecule has 6 heteroatoms. The van der Waals surface area contributed by atoms with Crippen LogP contribution in [0.4, 0.5) is 5.69 Å². The summed E-state index contributed by atoms with van der Waals surface area (Å²) in [6.07, 6.45) is 2.74. The van der Waals surface area contributed by atoms with Crippen molar-refractivity contribution in [2.75, 3.05) is 5.32 Å². The van der Waals surface area contributed by atoms with E-state index in [4.69, 9.17) is 0 Å². The van der Waals surface area contributed by atoms with E-state index in [1.807, 2.05) is 56.5 Å². The van der Waals surface area contributed by atoms with Crippen molar-refractivity contribution in [3.05, 3.63) is 47.0 Å². The number of nitrogens with zero attached hydrogens (tertiary/aromatic N) is 2. The first-order valence-electron chi connectivity index (χ1n) is 9.05. The highest BCUT2D eigenvalue weighted by Crippen LogP contribution is 2.23. The number of aryl methyl sites for hydroxylation is 1. The standard InChI is InChI=1S/C20H26N4O2/c1-13-9-5-6-10-14(13)21-18(25)16-15-11-7-8-12-24(15)17(22-16)19(26)23-20(2,3)4/h5-6,9-10H,7-8,11-12H2,1-4H3,(H,21,25)(H,23,26). The average Bonchev–Trinajstić information content (AvgIpc) is 2.95. The van der Waals surface area contributed by atoms with Gasteiger partial charge in [0.25, 0.3) is 11.8 Å². The van der Waals surface area contributed by atoms with Crippen LogP contribution in [0.3, 0.4) is 0 Å². The Kier molecular flexibility index (Phi) is 4.85. The highest BCUT2D eigenvalue weighted by atomic mass is 16.2. The van der Waals surface area contributed by atoms with Crippen molar-refractivity contribution in [3.8, 4) is 0 Å². The van der Waals surface area contributed by atoms with Gasteiger partial charge >= 0.3 is 0 Å². The Morgan fingerprint density at radius 2 is 1.85 bits per heavy atom. The number of rotatable bonds is 3. The van der Waals surface area contributed by atoms with E-state index >= 15 is 0 Å². The number of benzene rings is 1. The van der Waals surface area contributed by atoms with Crippen LogP contribution in [0.15, 0.2) is 24.3 Å². The molecular weight excluding hydrogens is 328 g/mol. The van der Waals surface area contributed by atoms with Crippen molar-refractivity contribution in [2.24, 2.45) is 0 Å². The molecule has 2 heterocycles. The summed E-state index contributed by atoms with van der Waals surface area (Å²) in [4.78, 5) is 29.9. The number of imidazole rings is 1. The van der Waals surface area contributed by atoms with E-state index in [9.17, 15) is 9.59 Å². The lowest BCUT2D eigenvalue weighted by Gasteiger charge is -2.22. The maximum Gasteiger partial charge on any atom is 0.287 e. The van der Waals surface area contributed by atoms with Crippen LogP contribution >= 0.6 is 0 Å². The summed E-state index contributed by atoms with van der Waals surface area (Å²) < 4.78 is 1.90. The van der Waals surface area contributed by atoms with E-state index in [2.05, 4.69) is 15.6 Å². The van der Waals surface area contributed by atoms with E-state index in [-0.39, 0.29) is 17.4 Å². The molecule has 0 atom stereocenters. The van der Waals surface area contributed by atoms with Crippen LogP contribution < -0.4 is 10.6 Å². The molecule has 6 nitrogen and oxygen atoms in total. The van der Waals surface area contributed by atoms with Gasteiger partial charge in [0.05, 0.1) is 5.69 Å². The van der Waals surface area contributed by atoms with Crippen molar-refractivity contribution in [1.82, 2.24) is 14.9 Å². The van der Waals surface area contributed by atoms with E-state index in [1.54, 1.807) is 0 Å². The van der Waals surface area contributed by atoms with Gasteiger partial charge in [0.2, 0.25) is 0 Å². The lowest BCUT2D eigenvalue weighted by Crippen LogP contribution is -2.42. The zero-order chi connectivity index (χ0) is 18.9. The largest absolute Gasteiger partial charge is 0.345 e. The Morgan fingerprint density at radius 3 is 2.54 bits per heavy atom. The number of amides is 2. The van der Waals surface area contributed by atoms with Crippen LogP contribution in [0.5, 0.6) is 0 Å². The van der Waals surface area contributed by atoms with Crippen LogP contribution in [0.25, 0.3) is 0 Å². The Morgan fingerprint density at radius 1 is 1.12 bits per heavy atom. The molecule has 3 rings (SSSR count). The number of carbonyl (C=O) groups is 2. The molecule has 0 bridgehead atoms. The molecule has 1 aliphatic heterocycles. The number of anilines is 1. The third kappa shape index (κ3) is 3.79. The minimum atomic E-state index is -0.359. The normalized spacial score (nSPS) is 13.8. The maximum atomic E-state index is 12.8. The summed E-state index contributed by atoms with van der Waals surface area (Å²) in [6, 6.07) is 7.62. The van der Waals surface area contributed by atoms with Crippen LogP contribution in [0, 0.1) is 6.92 Å². The molecule has 1 aliphatic rings. The SMILES string of the molecule is Cc1ccccc1NC(=O)c1nc(C(=O)NC(C)(C)C)n2c1CCCC2. The molecule has 1 aromatic heterocycles. The number of para-hydroxylation sites is 1. The Labute approximate surface area is 154 Å². The number of aromatic nitrogens is 2. The van der Waals surface area contributed by atoms with Gasteiger partial charge in [-0.25, -0.2) is 4.98 Å². The van der Waals surface area contributed by atoms with Gasteiger partial charge in [0.1, 0.15) is 0 Å². The molecule has 2 N–H and O–H groups in total. The van der Waals surface area contributed by atoms with E-state index in [0.29, 0.717) is 18.1 Å². The molecule has 0 spiro atoms. The molecule has 0 fully saturated rings. The minimum Gasteiger partial charge on any atom is -0.345 e. The molecule has 0 unspecified atom stereocenters. The summed E-state index contributed by atoms with van der Waals surface area (Å²) in [5.41, 5.74) is 2.59. The van der Waals surface area contributed by atoms with Crippen LogP contribution in [0.2, 0.25) is 0 Å². The highest BCUT2D eigenvalue weighted by molar-refractivity contribution is 6.05. The summed E-state index contributed by atoms with van der Waals surface area (Å²) in [5.74, 6) is -0.181. The van der Waals surface area contributed by atoms with Gasteiger partial charge in [-0.05, 0) is 58.6 Å². The molecule has 0 saturated heterocycles. The molecule has 0 radical (unpaired) electrons. The predicted octanol–water partition coefficient (Wildman–Crippen LogP) is 3.31. The van der Waals surface area contributed by atoms with Gasteiger partial charge in [-0.3, -0.25) is 9.59 Å². The number of hydrogen-bond acceptors (Lipinski definition) is 3. The fourth-order valence-electron chi connectivity index (χ4n) is 3.19. The fraction of sp³-hybridized carbons (Fsp3) is 0.450. The maximum absolute atomic E-state index is 12.8. The smallest absolute Gasteiger partial charge is 0.287 e. The Bertz CT molecular complexity index is 846. The van der Waals surface area contributed by atoms with Crippen molar-refractivity contribution in [2.45, 2.75) is 59.0 Å². The lowest BCUT2D eigenvalue weighted by molar-refractivity contribution is 0.0903. The van der Waals surface area contributed by atoms with E-state index < -0.39 is 0 Å². The summed E-state index contributed by atoms with van der Waals surface area (Å²) in [7, 11) is 0. The monoisotopic (exact) mass is 354 g/mol. The minimum absolute atomic E-state index is 0.240. The summed E-state index contributed by atoms with van der Waals surface area (Å²) >= 11 is 0. The number of hydrogen-bond donors (Lipinski definition) is 2.